The second-order valence-electron chi connectivity index (χ2n) is 4.72. The van der Waals surface area contributed by atoms with Gasteiger partial charge in [-0.2, -0.15) is 13.2 Å². The normalized spacial score (nSPS) is 26.5. The molecule has 102 valence electrons. The van der Waals surface area contributed by atoms with Crippen molar-refractivity contribution in [1.29, 1.82) is 0 Å². The predicted octanol–water partition coefficient (Wildman–Crippen LogP) is 1.77. The molecular formula is C11H21F3N2O. The van der Waals surface area contributed by atoms with Crippen molar-refractivity contribution < 1.29 is 17.9 Å². The number of hydrogen-bond acceptors (Lipinski definition) is 3. The van der Waals surface area contributed by atoms with Crippen molar-refractivity contribution in [1.82, 2.24) is 4.90 Å². The Morgan fingerprint density at radius 3 is 2.35 bits per heavy atom. The Bertz CT molecular complexity index is 215. The van der Waals surface area contributed by atoms with E-state index in [-0.39, 0.29) is 6.61 Å². The number of halogens is 3. The van der Waals surface area contributed by atoms with Gasteiger partial charge in [0, 0.05) is 18.6 Å². The van der Waals surface area contributed by atoms with Gasteiger partial charge < -0.3 is 15.4 Å². The van der Waals surface area contributed by atoms with Crippen molar-refractivity contribution in [2.45, 2.75) is 43.9 Å². The summed E-state index contributed by atoms with van der Waals surface area (Å²) in [5, 5.41) is 0. The van der Waals surface area contributed by atoms with Crippen LogP contribution in [0.15, 0.2) is 0 Å². The number of ether oxygens (including phenoxy) is 1. The van der Waals surface area contributed by atoms with Gasteiger partial charge in [0.2, 0.25) is 0 Å². The zero-order valence-electron chi connectivity index (χ0n) is 10.2. The van der Waals surface area contributed by atoms with Gasteiger partial charge in [0.05, 0.1) is 6.61 Å². The molecule has 0 heterocycles. The van der Waals surface area contributed by atoms with Crippen molar-refractivity contribution in [3.8, 4) is 0 Å². The minimum atomic E-state index is -4.23. The number of rotatable bonds is 5. The molecule has 17 heavy (non-hydrogen) atoms. The van der Waals surface area contributed by atoms with E-state index in [1.54, 1.807) is 0 Å². The molecule has 0 bridgehead atoms. The molecule has 0 unspecified atom stereocenters. The van der Waals surface area contributed by atoms with Crippen molar-refractivity contribution in [2.24, 2.45) is 5.73 Å². The Balaban J connectivity index is 2.10. The molecule has 0 aromatic rings. The summed E-state index contributed by atoms with van der Waals surface area (Å²) < 4.78 is 40.1. The molecule has 1 saturated carbocycles. The molecule has 6 heteroatoms. The predicted molar refractivity (Wildman–Crippen MR) is 59.7 cm³/mol. The van der Waals surface area contributed by atoms with Crippen LogP contribution in [0.5, 0.6) is 0 Å². The molecular weight excluding hydrogens is 233 g/mol. The van der Waals surface area contributed by atoms with Gasteiger partial charge >= 0.3 is 6.18 Å². The first-order valence-electron chi connectivity index (χ1n) is 5.99. The molecule has 1 fully saturated rings. The summed E-state index contributed by atoms with van der Waals surface area (Å²) >= 11 is 0. The van der Waals surface area contributed by atoms with Crippen LogP contribution in [-0.4, -0.2) is 50.0 Å². The van der Waals surface area contributed by atoms with E-state index >= 15 is 0 Å². The lowest BCUT2D eigenvalue weighted by Gasteiger charge is -2.33. The highest BCUT2D eigenvalue weighted by Crippen LogP contribution is 2.21. The van der Waals surface area contributed by atoms with Gasteiger partial charge in [-0.15, -0.1) is 0 Å². The van der Waals surface area contributed by atoms with Crippen LogP contribution < -0.4 is 5.73 Å². The van der Waals surface area contributed by atoms with E-state index in [0.717, 1.165) is 25.7 Å². The zero-order valence-corrected chi connectivity index (χ0v) is 10.2. The van der Waals surface area contributed by atoms with E-state index in [2.05, 4.69) is 9.64 Å². The minimum Gasteiger partial charge on any atom is -0.371 e. The van der Waals surface area contributed by atoms with Crippen LogP contribution >= 0.6 is 0 Å². The van der Waals surface area contributed by atoms with Crippen LogP contribution in [0.1, 0.15) is 25.7 Å². The van der Waals surface area contributed by atoms with E-state index < -0.39 is 12.8 Å². The molecule has 0 aromatic carbocycles. The number of likely N-dealkylation sites (N-methyl/N-ethyl adjacent to an activating group) is 1. The Morgan fingerprint density at radius 1 is 1.24 bits per heavy atom. The average molecular weight is 254 g/mol. The summed E-state index contributed by atoms with van der Waals surface area (Å²) in [5.74, 6) is 0. The van der Waals surface area contributed by atoms with Crippen LogP contribution in [0.3, 0.4) is 0 Å². The van der Waals surface area contributed by atoms with E-state index in [1.165, 1.54) is 0 Å². The van der Waals surface area contributed by atoms with Gasteiger partial charge in [0.1, 0.15) is 6.61 Å². The Hall–Kier alpha value is -0.330. The topological polar surface area (TPSA) is 38.5 Å². The van der Waals surface area contributed by atoms with E-state index in [4.69, 9.17) is 5.73 Å². The maximum Gasteiger partial charge on any atom is 0.411 e. The Kier molecular flexibility index (Phi) is 5.69. The summed E-state index contributed by atoms with van der Waals surface area (Å²) in [5.41, 5.74) is 5.80. The van der Waals surface area contributed by atoms with E-state index in [9.17, 15) is 13.2 Å². The molecule has 0 aromatic heterocycles. The van der Waals surface area contributed by atoms with Gasteiger partial charge in [0.15, 0.2) is 0 Å². The third-order valence-corrected chi connectivity index (χ3v) is 3.22. The number of hydrogen-bond donors (Lipinski definition) is 1. The van der Waals surface area contributed by atoms with Crippen LogP contribution in [0.25, 0.3) is 0 Å². The van der Waals surface area contributed by atoms with E-state index in [0.29, 0.717) is 18.6 Å². The molecule has 0 amide bonds. The molecule has 0 radical (unpaired) electrons. The first-order valence-corrected chi connectivity index (χ1v) is 5.99. The summed E-state index contributed by atoms with van der Waals surface area (Å²) in [4.78, 5) is 2.07. The molecule has 0 atom stereocenters. The summed E-state index contributed by atoms with van der Waals surface area (Å²) in [6.07, 6.45) is -0.180. The van der Waals surface area contributed by atoms with Gasteiger partial charge in [-0.25, -0.2) is 0 Å². The lowest BCUT2D eigenvalue weighted by molar-refractivity contribution is -0.174. The zero-order chi connectivity index (χ0) is 12.9. The van der Waals surface area contributed by atoms with Crippen molar-refractivity contribution in [2.75, 3.05) is 26.8 Å². The van der Waals surface area contributed by atoms with Gasteiger partial charge in [-0.3, -0.25) is 0 Å². The molecule has 0 aliphatic heterocycles. The summed E-state index contributed by atoms with van der Waals surface area (Å²) in [7, 11) is 1.93. The number of nitrogens with two attached hydrogens (primary N) is 1. The number of nitrogens with zero attached hydrogens (tertiary/aromatic N) is 1. The highest BCUT2D eigenvalue weighted by atomic mass is 19.4. The van der Waals surface area contributed by atoms with Crippen molar-refractivity contribution in [3.05, 3.63) is 0 Å². The maximum absolute atomic E-state index is 11.8. The molecule has 2 N–H and O–H groups in total. The lowest BCUT2D eigenvalue weighted by Crippen LogP contribution is -2.40. The molecule has 1 aliphatic carbocycles. The minimum absolute atomic E-state index is 0.124. The van der Waals surface area contributed by atoms with Crippen LogP contribution in [0.4, 0.5) is 13.2 Å². The van der Waals surface area contributed by atoms with Crippen LogP contribution in [0, 0.1) is 0 Å². The van der Waals surface area contributed by atoms with Crippen LogP contribution in [-0.2, 0) is 4.74 Å². The largest absolute Gasteiger partial charge is 0.411 e. The molecule has 0 saturated heterocycles. The molecule has 1 aliphatic rings. The molecule has 0 spiro atoms. The first kappa shape index (κ1) is 14.7. The maximum atomic E-state index is 11.8. The summed E-state index contributed by atoms with van der Waals surface area (Å²) in [6, 6.07) is 0.727. The van der Waals surface area contributed by atoms with E-state index in [1.807, 2.05) is 7.05 Å². The fraction of sp³-hybridized carbons (Fsp3) is 1.00. The Morgan fingerprint density at radius 2 is 1.82 bits per heavy atom. The quantitative estimate of drug-likeness (QED) is 0.760. The fourth-order valence-corrected chi connectivity index (χ4v) is 2.12. The standard InChI is InChI=1S/C11H21F3N2O/c1-16(6-7-17-8-11(12,13)14)10-4-2-9(15)3-5-10/h9-10H,2-8,15H2,1H3. The van der Waals surface area contributed by atoms with Gasteiger partial charge in [-0.1, -0.05) is 0 Å². The number of alkyl halides is 3. The van der Waals surface area contributed by atoms with Gasteiger partial charge in [0.25, 0.3) is 0 Å². The highest BCUT2D eigenvalue weighted by Gasteiger charge is 2.27. The summed E-state index contributed by atoms with van der Waals surface area (Å²) in [6.45, 7) is -0.495. The monoisotopic (exact) mass is 254 g/mol. The fourth-order valence-electron chi connectivity index (χ4n) is 2.12. The second-order valence-corrected chi connectivity index (χ2v) is 4.72. The third kappa shape index (κ3) is 6.24. The average Bonchev–Trinajstić information content (AvgIpc) is 2.24. The van der Waals surface area contributed by atoms with Gasteiger partial charge in [-0.05, 0) is 32.7 Å². The molecule has 3 nitrogen and oxygen atoms in total. The van der Waals surface area contributed by atoms with Crippen molar-refractivity contribution >= 4 is 0 Å². The SMILES string of the molecule is CN(CCOCC(F)(F)F)C1CCC(N)CC1. The Labute approximate surface area is 100 Å². The lowest BCUT2D eigenvalue weighted by atomic mass is 9.91. The smallest absolute Gasteiger partial charge is 0.371 e. The third-order valence-electron chi connectivity index (χ3n) is 3.22. The van der Waals surface area contributed by atoms with Crippen LogP contribution in [0.2, 0.25) is 0 Å². The van der Waals surface area contributed by atoms with Crippen molar-refractivity contribution in [3.63, 3.8) is 0 Å². The highest BCUT2D eigenvalue weighted by molar-refractivity contribution is 4.79. The molecule has 1 rings (SSSR count). The second kappa shape index (κ2) is 6.56. The first-order chi connectivity index (χ1) is 7.88.